The van der Waals surface area contributed by atoms with Crippen LogP contribution in [0.15, 0.2) is 52.0 Å². The van der Waals surface area contributed by atoms with E-state index in [0.717, 1.165) is 22.0 Å². The van der Waals surface area contributed by atoms with Crippen molar-refractivity contribution < 1.29 is 0 Å². The molecule has 3 rings (SSSR count). The molecule has 0 bridgehead atoms. The van der Waals surface area contributed by atoms with Crippen molar-refractivity contribution in [2.45, 2.75) is 0 Å². The van der Waals surface area contributed by atoms with Gasteiger partial charge in [0.25, 0.3) is 5.56 Å². The number of hydrogen-bond donors (Lipinski definition) is 1. The minimum Gasteiger partial charge on any atom is -0.321 e. The third-order valence-corrected chi connectivity index (χ3v) is 3.33. The lowest BCUT2D eigenvalue weighted by atomic mass is 10.1. The normalized spacial score (nSPS) is 10.8. The van der Waals surface area contributed by atoms with Crippen molar-refractivity contribution in [2.24, 2.45) is 0 Å². The van der Waals surface area contributed by atoms with Crippen LogP contribution in [-0.2, 0) is 0 Å². The van der Waals surface area contributed by atoms with E-state index in [4.69, 9.17) is 0 Å². The number of benzene rings is 1. The number of H-pyrrole nitrogens is 1. The van der Waals surface area contributed by atoms with Crippen molar-refractivity contribution in [3.63, 3.8) is 0 Å². The zero-order chi connectivity index (χ0) is 11.0. The van der Waals surface area contributed by atoms with Gasteiger partial charge in [-0.1, -0.05) is 30.3 Å². The number of rotatable bonds is 1. The molecule has 1 N–H and O–H groups in total. The molecule has 0 atom stereocenters. The molecule has 1 aromatic carbocycles. The molecule has 2 aromatic heterocycles. The minimum atomic E-state index is -0.0161. The second-order valence-electron chi connectivity index (χ2n) is 3.62. The summed E-state index contributed by atoms with van der Waals surface area (Å²) in [5.41, 5.74) is 1.89. The summed E-state index contributed by atoms with van der Waals surface area (Å²) in [6.07, 6.45) is 0. The smallest absolute Gasteiger partial charge is 0.257 e. The molecule has 0 fully saturated rings. The Morgan fingerprint density at radius 3 is 2.69 bits per heavy atom. The Balaban J connectivity index is 2.30. The van der Waals surface area contributed by atoms with E-state index in [1.165, 1.54) is 0 Å². The van der Waals surface area contributed by atoms with Crippen LogP contribution in [0.5, 0.6) is 0 Å². The standard InChI is InChI=1S/C13H9NOS/c15-13-11-8-16-7-10(11)6-12(14-13)9-4-2-1-3-5-9/h1-8H,(H,14,15). The molecule has 0 saturated heterocycles. The maximum absolute atomic E-state index is 11.8. The van der Waals surface area contributed by atoms with Crippen LogP contribution in [0, 0.1) is 0 Å². The summed E-state index contributed by atoms with van der Waals surface area (Å²) < 4.78 is 0. The summed E-state index contributed by atoms with van der Waals surface area (Å²) in [5.74, 6) is 0. The van der Waals surface area contributed by atoms with Gasteiger partial charge in [0.05, 0.1) is 5.39 Å². The van der Waals surface area contributed by atoms with Gasteiger partial charge in [-0.3, -0.25) is 4.79 Å². The van der Waals surface area contributed by atoms with Crippen LogP contribution >= 0.6 is 11.3 Å². The van der Waals surface area contributed by atoms with Gasteiger partial charge in [0.15, 0.2) is 0 Å². The van der Waals surface area contributed by atoms with Crippen LogP contribution in [0.3, 0.4) is 0 Å². The second-order valence-corrected chi connectivity index (χ2v) is 4.36. The Hall–Kier alpha value is -1.87. The molecule has 2 nitrogen and oxygen atoms in total. The topological polar surface area (TPSA) is 32.9 Å². The van der Waals surface area contributed by atoms with Crippen molar-refractivity contribution in [3.05, 3.63) is 57.5 Å². The van der Waals surface area contributed by atoms with Crippen LogP contribution in [0.4, 0.5) is 0 Å². The van der Waals surface area contributed by atoms with Crippen molar-refractivity contribution in [3.8, 4) is 11.3 Å². The highest BCUT2D eigenvalue weighted by atomic mass is 32.1. The molecule has 0 aliphatic heterocycles. The summed E-state index contributed by atoms with van der Waals surface area (Å²) >= 11 is 1.55. The van der Waals surface area contributed by atoms with E-state index in [9.17, 15) is 4.79 Å². The summed E-state index contributed by atoms with van der Waals surface area (Å²) in [5, 5.41) is 5.65. The zero-order valence-electron chi connectivity index (χ0n) is 8.44. The summed E-state index contributed by atoms with van der Waals surface area (Å²) in [4.78, 5) is 14.7. The predicted molar refractivity (Wildman–Crippen MR) is 67.9 cm³/mol. The molecule has 3 heteroatoms. The van der Waals surface area contributed by atoms with Gasteiger partial charge in [0.2, 0.25) is 0 Å². The highest BCUT2D eigenvalue weighted by Gasteiger charge is 2.03. The lowest BCUT2D eigenvalue weighted by Gasteiger charge is -2.01. The van der Waals surface area contributed by atoms with E-state index in [2.05, 4.69) is 4.98 Å². The van der Waals surface area contributed by atoms with E-state index in [1.54, 1.807) is 11.3 Å². The molecule has 3 aromatic rings. The Bertz CT molecular complexity index is 682. The SMILES string of the molecule is O=c1[nH]c(-c2ccccc2)cc2cscc12. The lowest BCUT2D eigenvalue weighted by molar-refractivity contribution is 1.28. The van der Waals surface area contributed by atoms with Gasteiger partial charge < -0.3 is 4.98 Å². The van der Waals surface area contributed by atoms with Crippen molar-refractivity contribution in [1.82, 2.24) is 4.98 Å². The molecule has 78 valence electrons. The van der Waals surface area contributed by atoms with Gasteiger partial charge in [0.1, 0.15) is 0 Å². The number of fused-ring (bicyclic) bond motifs is 1. The van der Waals surface area contributed by atoms with Crippen LogP contribution in [0.2, 0.25) is 0 Å². The van der Waals surface area contributed by atoms with Gasteiger partial charge in [-0.2, -0.15) is 11.3 Å². The molecule has 0 aliphatic rings. The fraction of sp³-hybridized carbons (Fsp3) is 0. The number of aromatic amines is 1. The minimum absolute atomic E-state index is 0.0161. The number of hydrogen-bond acceptors (Lipinski definition) is 2. The molecular formula is C13H9NOS. The van der Waals surface area contributed by atoms with E-state index in [-0.39, 0.29) is 5.56 Å². The fourth-order valence-corrected chi connectivity index (χ4v) is 2.55. The highest BCUT2D eigenvalue weighted by Crippen LogP contribution is 2.21. The molecule has 0 amide bonds. The first-order valence-electron chi connectivity index (χ1n) is 4.99. The first-order chi connectivity index (χ1) is 7.84. The molecule has 0 aliphatic carbocycles. The average molecular weight is 227 g/mol. The largest absolute Gasteiger partial charge is 0.321 e. The Kier molecular flexibility index (Phi) is 2.11. The number of aromatic nitrogens is 1. The Morgan fingerprint density at radius 1 is 1.06 bits per heavy atom. The summed E-state index contributed by atoms with van der Waals surface area (Å²) in [6, 6.07) is 11.9. The summed E-state index contributed by atoms with van der Waals surface area (Å²) in [6.45, 7) is 0. The second kappa shape index (κ2) is 3.61. The molecule has 16 heavy (non-hydrogen) atoms. The quantitative estimate of drug-likeness (QED) is 0.680. The third-order valence-electron chi connectivity index (χ3n) is 2.57. The molecule has 0 radical (unpaired) electrons. The molecule has 0 spiro atoms. The van der Waals surface area contributed by atoms with E-state index >= 15 is 0 Å². The summed E-state index contributed by atoms with van der Waals surface area (Å²) in [7, 11) is 0. The van der Waals surface area contributed by atoms with Crippen LogP contribution in [0.1, 0.15) is 0 Å². The highest BCUT2D eigenvalue weighted by molar-refractivity contribution is 7.09. The van der Waals surface area contributed by atoms with Gasteiger partial charge >= 0.3 is 0 Å². The van der Waals surface area contributed by atoms with Crippen LogP contribution in [0.25, 0.3) is 22.0 Å². The van der Waals surface area contributed by atoms with Gasteiger partial charge in [0, 0.05) is 11.1 Å². The average Bonchev–Trinajstić information content (AvgIpc) is 2.79. The lowest BCUT2D eigenvalue weighted by Crippen LogP contribution is -2.05. The van der Waals surface area contributed by atoms with Crippen LogP contribution < -0.4 is 5.56 Å². The maximum atomic E-state index is 11.8. The van der Waals surface area contributed by atoms with Gasteiger partial charge in [-0.25, -0.2) is 0 Å². The zero-order valence-corrected chi connectivity index (χ0v) is 9.25. The van der Waals surface area contributed by atoms with Crippen molar-refractivity contribution in [2.75, 3.05) is 0 Å². The molecule has 0 saturated carbocycles. The first-order valence-corrected chi connectivity index (χ1v) is 5.93. The predicted octanol–water partition coefficient (Wildman–Crippen LogP) is 3.26. The third kappa shape index (κ3) is 1.46. The number of nitrogens with one attached hydrogen (secondary N) is 1. The molecule has 0 unspecified atom stereocenters. The number of thiophene rings is 1. The van der Waals surface area contributed by atoms with Gasteiger partial charge in [-0.05, 0) is 22.4 Å². The van der Waals surface area contributed by atoms with Crippen molar-refractivity contribution in [1.29, 1.82) is 0 Å². The fourth-order valence-electron chi connectivity index (χ4n) is 1.76. The molecular weight excluding hydrogens is 218 g/mol. The van der Waals surface area contributed by atoms with E-state index in [1.807, 2.05) is 47.2 Å². The van der Waals surface area contributed by atoms with Crippen LogP contribution in [-0.4, -0.2) is 4.98 Å². The van der Waals surface area contributed by atoms with Crippen molar-refractivity contribution >= 4 is 22.1 Å². The Morgan fingerprint density at radius 2 is 1.88 bits per heavy atom. The van der Waals surface area contributed by atoms with E-state index in [0.29, 0.717) is 0 Å². The maximum Gasteiger partial charge on any atom is 0.257 e. The number of pyridine rings is 1. The van der Waals surface area contributed by atoms with Gasteiger partial charge in [-0.15, -0.1) is 0 Å². The first kappa shape index (κ1) is 9.36. The van der Waals surface area contributed by atoms with E-state index < -0.39 is 0 Å². The molecule has 2 heterocycles. The Labute approximate surface area is 96.2 Å². The monoisotopic (exact) mass is 227 g/mol.